The van der Waals surface area contributed by atoms with Crippen molar-refractivity contribution >= 4 is 11.9 Å². The van der Waals surface area contributed by atoms with Gasteiger partial charge in [-0.1, -0.05) is 56.2 Å². The van der Waals surface area contributed by atoms with E-state index in [0.717, 1.165) is 47.5 Å². The summed E-state index contributed by atoms with van der Waals surface area (Å²) in [6.45, 7) is 2.95. The van der Waals surface area contributed by atoms with E-state index in [1.165, 1.54) is 12.8 Å². The second-order valence-electron chi connectivity index (χ2n) is 5.96. The first-order chi connectivity index (χ1) is 11.3. The fraction of sp³-hybridized carbons (Fsp3) is 0.286. The van der Waals surface area contributed by atoms with E-state index in [2.05, 4.69) is 6.92 Å². The molecule has 23 heavy (non-hydrogen) atoms. The summed E-state index contributed by atoms with van der Waals surface area (Å²) in [6, 6.07) is 15.8. The van der Waals surface area contributed by atoms with Gasteiger partial charge >= 0.3 is 0 Å². The third-order valence-corrected chi connectivity index (χ3v) is 4.17. The normalized spacial score (nSPS) is 15.0. The van der Waals surface area contributed by atoms with Crippen LogP contribution in [0.3, 0.4) is 0 Å². The van der Waals surface area contributed by atoms with Gasteiger partial charge in [0.05, 0.1) is 6.61 Å². The third-order valence-electron chi connectivity index (χ3n) is 4.17. The first-order valence-corrected chi connectivity index (χ1v) is 8.34. The summed E-state index contributed by atoms with van der Waals surface area (Å²) >= 11 is 0. The quantitative estimate of drug-likeness (QED) is 0.549. The van der Waals surface area contributed by atoms with Crippen LogP contribution in [0.5, 0.6) is 5.75 Å². The first kappa shape index (κ1) is 15.5. The van der Waals surface area contributed by atoms with Gasteiger partial charge in [0, 0.05) is 17.6 Å². The van der Waals surface area contributed by atoms with Crippen LogP contribution in [0.2, 0.25) is 0 Å². The maximum absolute atomic E-state index is 12.4. The van der Waals surface area contributed by atoms with Gasteiger partial charge in [0.15, 0.2) is 5.78 Å². The molecule has 0 atom stereocenters. The zero-order chi connectivity index (χ0) is 16.1. The van der Waals surface area contributed by atoms with Crippen molar-refractivity contribution < 1.29 is 9.53 Å². The molecular formula is C21H22O2. The molecular weight excluding hydrogens is 284 g/mol. The smallest absolute Gasteiger partial charge is 0.189 e. The summed E-state index contributed by atoms with van der Waals surface area (Å²) in [7, 11) is 0. The number of Topliss-reactive ketones (excluding diaryl/α,β-unsaturated/α-hetero) is 1. The lowest BCUT2D eigenvalue weighted by atomic mass is 10.1. The number of hydrogen-bond acceptors (Lipinski definition) is 2. The first-order valence-electron chi connectivity index (χ1n) is 8.34. The average Bonchev–Trinajstić information content (AvgIpc) is 2.90. The Balaban J connectivity index is 1.66. The number of carbonyl (C=O) groups excluding carboxylic acids is 1. The van der Waals surface area contributed by atoms with Gasteiger partial charge in [-0.15, -0.1) is 0 Å². The fourth-order valence-electron chi connectivity index (χ4n) is 2.87. The Labute approximate surface area is 137 Å². The van der Waals surface area contributed by atoms with Crippen molar-refractivity contribution in [3.63, 3.8) is 0 Å². The minimum atomic E-state index is 0.153. The predicted octanol–water partition coefficient (Wildman–Crippen LogP) is 5.08. The number of unbranched alkanes of at least 4 members (excludes halogenated alkanes) is 2. The molecule has 0 fully saturated rings. The number of carbonyl (C=O) groups is 1. The molecule has 0 heterocycles. The zero-order valence-electron chi connectivity index (χ0n) is 13.5. The van der Waals surface area contributed by atoms with Crippen LogP contribution in [0.4, 0.5) is 0 Å². The lowest BCUT2D eigenvalue weighted by molar-refractivity contribution is 0.104. The SMILES string of the molecule is CCCCCOc1ccc(C=C2Cc3ccccc3C2=O)cc1. The van der Waals surface area contributed by atoms with Gasteiger partial charge in [0.25, 0.3) is 0 Å². The second-order valence-corrected chi connectivity index (χ2v) is 5.96. The molecule has 1 aliphatic rings. The van der Waals surface area contributed by atoms with Crippen molar-refractivity contribution in [2.24, 2.45) is 0 Å². The molecule has 0 bridgehead atoms. The minimum Gasteiger partial charge on any atom is -0.494 e. The number of fused-ring (bicyclic) bond motifs is 1. The van der Waals surface area contributed by atoms with Gasteiger partial charge in [-0.2, -0.15) is 0 Å². The molecule has 0 spiro atoms. The fourth-order valence-corrected chi connectivity index (χ4v) is 2.87. The molecule has 0 unspecified atom stereocenters. The molecule has 118 valence electrons. The van der Waals surface area contributed by atoms with E-state index in [-0.39, 0.29) is 5.78 Å². The summed E-state index contributed by atoms with van der Waals surface area (Å²) in [5.74, 6) is 1.05. The lowest BCUT2D eigenvalue weighted by Gasteiger charge is -2.06. The monoisotopic (exact) mass is 306 g/mol. The molecule has 0 N–H and O–H groups in total. The molecule has 3 rings (SSSR count). The number of hydrogen-bond donors (Lipinski definition) is 0. The molecule has 0 aliphatic heterocycles. The van der Waals surface area contributed by atoms with Crippen molar-refractivity contribution in [1.82, 2.24) is 0 Å². The number of rotatable bonds is 6. The van der Waals surface area contributed by atoms with Crippen LogP contribution in [-0.2, 0) is 6.42 Å². The Morgan fingerprint density at radius 3 is 2.57 bits per heavy atom. The van der Waals surface area contributed by atoms with Gasteiger partial charge in [-0.3, -0.25) is 4.79 Å². The second kappa shape index (κ2) is 7.28. The van der Waals surface area contributed by atoms with E-state index in [0.29, 0.717) is 0 Å². The molecule has 0 radical (unpaired) electrons. The summed E-state index contributed by atoms with van der Waals surface area (Å²) in [6.07, 6.45) is 6.21. The highest BCUT2D eigenvalue weighted by Crippen LogP contribution is 2.27. The zero-order valence-corrected chi connectivity index (χ0v) is 13.5. The highest BCUT2D eigenvalue weighted by atomic mass is 16.5. The van der Waals surface area contributed by atoms with Crippen molar-refractivity contribution in [2.45, 2.75) is 32.6 Å². The molecule has 0 amide bonds. The van der Waals surface area contributed by atoms with E-state index in [1.54, 1.807) is 0 Å². The van der Waals surface area contributed by atoms with Crippen LogP contribution in [0.25, 0.3) is 6.08 Å². The van der Waals surface area contributed by atoms with Gasteiger partial charge in [0.2, 0.25) is 0 Å². The van der Waals surface area contributed by atoms with E-state index < -0.39 is 0 Å². The van der Waals surface area contributed by atoms with Crippen molar-refractivity contribution in [1.29, 1.82) is 0 Å². The van der Waals surface area contributed by atoms with Gasteiger partial charge < -0.3 is 4.74 Å². The van der Waals surface area contributed by atoms with E-state index in [4.69, 9.17) is 4.74 Å². The third kappa shape index (κ3) is 3.70. The van der Waals surface area contributed by atoms with E-state index in [1.807, 2.05) is 54.6 Å². The molecule has 0 aromatic heterocycles. The maximum Gasteiger partial charge on any atom is 0.189 e. The summed E-state index contributed by atoms with van der Waals surface area (Å²) in [5.41, 5.74) is 3.87. The van der Waals surface area contributed by atoms with E-state index in [9.17, 15) is 4.79 Å². The largest absolute Gasteiger partial charge is 0.494 e. The Bertz CT molecular complexity index is 711. The molecule has 0 saturated heterocycles. The van der Waals surface area contributed by atoms with Crippen LogP contribution < -0.4 is 4.74 Å². The van der Waals surface area contributed by atoms with Gasteiger partial charge in [0.1, 0.15) is 5.75 Å². The van der Waals surface area contributed by atoms with Crippen LogP contribution in [0.15, 0.2) is 54.1 Å². The summed E-state index contributed by atoms with van der Waals surface area (Å²) in [5, 5.41) is 0. The maximum atomic E-state index is 12.4. The van der Waals surface area contributed by atoms with Crippen LogP contribution in [-0.4, -0.2) is 12.4 Å². The molecule has 2 nitrogen and oxygen atoms in total. The average molecular weight is 306 g/mol. The number of allylic oxidation sites excluding steroid dienone is 1. The summed E-state index contributed by atoms with van der Waals surface area (Å²) in [4.78, 5) is 12.4. The Hall–Kier alpha value is -2.35. The standard InChI is InChI=1S/C21H22O2/c1-2-3-6-13-23-19-11-9-16(10-12-19)14-18-15-17-7-4-5-8-20(17)21(18)22/h4-5,7-12,14H,2-3,6,13,15H2,1H3. The van der Waals surface area contributed by atoms with Crippen molar-refractivity contribution in [2.75, 3.05) is 6.61 Å². The molecule has 1 aliphatic carbocycles. The van der Waals surface area contributed by atoms with Crippen LogP contribution in [0, 0.1) is 0 Å². The Kier molecular flexibility index (Phi) is 4.92. The van der Waals surface area contributed by atoms with Crippen molar-refractivity contribution in [3.8, 4) is 5.75 Å². The number of benzene rings is 2. The predicted molar refractivity (Wildman–Crippen MR) is 93.9 cm³/mol. The highest BCUT2D eigenvalue weighted by Gasteiger charge is 2.23. The highest BCUT2D eigenvalue weighted by molar-refractivity contribution is 6.15. The molecule has 2 aromatic rings. The minimum absolute atomic E-state index is 0.153. The number of ether oxygens (including phenoxy) is 1. The topological polar surface area (TPSA) is 26.3 Å². The Morgan fingerprint density at radius 2 is 1.83 bits per heavy atom. The molecule has 2 heteroatoms. The molecule has 2 aromatic carbocycles. The molecule has 0 saturated carbocycles. The lowest BCUT2D eigenvalue weighted by Crippen LogP contribution is -1.97. The van der Waals surface area contributed by atoms with Crippen LogP contribution >= 0.6 is 0 Å². The van der Waals surface area contributed by atoms with Gasteiger partial charge in [-0.05, 0) is 35.8 Å². The Morgan fingerprint density at radius 1 is 1.04 bits per heavy atom. The van der Waals surface area contributed by atoms with Gasteiger partial charge in [-0.25, -0.2) is 0 Å². The van der Waals surface area contributed by atoms with Crippen molar-refractivity contribution in [3.05, 3.63) is 70.8 Å². The number of ketones is 1. The van der Waals surface area contributed by atoms with Crippen LogP contribution in [0.1, 0.15) is 47.7 Å². The van der Waals surface area contributed by atoms with E-state index >= 15 is 0 Å². The summed E-state index contributed by atoms with van der Waals surface area (Å²) < 4.78 is 5.72.